The van der Waals surface area contributed by atoms with Crippen molar-refractivity contribution in [3.05, 3.63) is 68.5 Å². The Balaban J connectivity index is 1.96. The van der Waals surface area contributed by atoms with Gasteiger partial charge in [-0.25, -0.2) is 4.79 Å². The summed E-state index contributed by atoms with van der Waals surface area (Å²) in [5, 5.41) is 10.4. The summed E-state index contributed by atoms with van der Waals surface area (Å²) in [6.07, 6.45) is -0.103. The number of aliphatic hydroxyl groups excluding tert-OH is 1. The van der Waals surface area contributed by atoms with E-state index in [4.69, 9.17) is 0 Å². The van der Waals surface area contributed by atoms with Crippen LogP contribution in [0.2, 0.25) is 0 Å². The van der Waals surface area contributed by atoms with Crippen molar-refractivity contribution < 1.29 is 5.11 Å². The number of halogens is 1. The highest BCUT2D eigenvalue weighted by Gasteiger charge is 2.14. The molecule has 1 unspecified atom stereocenters. The molecule has 3 rings (SSSR count). The van der Waals surface area contributed by atoms with Crippen molar-refractivity contribution in [1.82, 2.24) is 9.97 Å². The molecule has 0 amide bonds. The van der Waals surface area contributed by atoms with E-state index < -0.39 is 6.10 Å². The zero-order valence-electron chi connectivity index (χ0n) is 10.6. The molecule has 3 N–H and O–H groups in total. The maximum absolute atomic E-state index is 11.3. The third-order valence-corrected chi connectivity index (χ3v) is 3.95. The van der Waals surface area contributed by atoms with Crippen LogP contribution in [0.15, 0.2) is 51.7 Å². The van der Waals surface area contributed by atoms with E-state index in [0.29, 0.717) is 11.9 Å². The number of hydrogen-bond donors (Lipinski definition) is 3. The molecule has 0 saturated carbocycles. The van der Waals surface area contributed by atoms with Gasteiger partial charge in [-0.3, -0.25) is 0 Å². The maximum Gasteiger partial charge on any atom is 0.323 e. The minimum absolute atomic E-state index is 0.249. The molecule has 1 atom stereocenters. The van der Waals surface area contributed by atoms with Crippen molar-refractivity contribution in [3.8, 4) is 0 Å². The number of imidazole rings is 1. The molecule has 0 aliphatic rings. The summed E-state index contributed by atoms with van der Waals surface area (Å²) < 4.78 is 0.781. The second kappa shape index (κ2) is 5.26. The van der Waals surface area contributed by atoms with Gasteiger partial charge in [0, 0.05) is 10.9 Å². The highest BCUT2D eigenvalue weighted by molar-refractivity contribution is 9.10. The number of H-pyrrole nitrogens is 2. The molecule has 3 aromatic rings. The summed E-state index contributed by atoms with van der Waals surface area (Å²) >= 11 is 3.44. The van der Waals surface area contributed by atoms with E-state index in [9.17, 15) is 9.90 Å². The Morgan fingerprint density at radius 1 is 1.10 bits per heavy atom. The average Bonchev–Trinajstić information content (AvgIpc) is 2.78. The Hall–Kier alpha value is -1.85. The normalized spacial score (nSPS) is 12.7. The lowest BCUT2D eigenvalue weighted by Gasteiger charge is -2.13. The lowest BCUT2D eigenvalue weighted by Crippen LogP contribution is -2.03. The summed E-state index contributed by atoms with van der Waals surface area (Å²) in [6.45, 7) is 0. The highest BCUT2D eigenvalue weighted by atomic mass is 79.9. The number of nitrogens with one attached hydrogen (secondary N) is 2. The van der Waals surface area contributed by atoms with E-state index in [1.165, 1.54) is 0 Å². The summed E-state index contributed by atoms with van der Waals surface area (Å²) in [5.74, 6) is 0. The molecule has 0 bridgehead atoms. The number of fused-ring (bicyclic) bond motifs is 1. The fourth-order valence-electron chi connectivity index (χ4n) is 2.28. The molecular weight excluding hydrogens is 320 g/mol. The Morgan fingerprint density at radius 3 is 2.45 bits per heavy atom. The summed E-state index contributed by atoms with van der Waals surface area (Å²) in [6, 6.07) is 13.4. The van der Waals surface area contributed by atoms with Crippen LogP contribution in [0, 0.1) is 0 Å². The van der Waals surface area contributed by atoms with Gasteiger partial charge in [-0.2, -0.15) is 0 Å². The summed E-state index contributed by atoms with van der Waals surface area (Å²) in [7, 11) is 0. The molecule has 5 heteroatoms. The molecule has 4 nitrogen and oxygen atoms in total. The fraction of sp³-hybridized carbons (Fsp3) is 0.133. The quantitative estimate of drug-likeness (QED) is 0.690. The molecule has 2 aromatic carbocycles. The molecule has 0 fully saturated rings. The van der Waals surface area contributed by atoms with E-state index in [2.05, 4.69) is 25.9 Å². The van der Waals surface area contributed by atoms with Crippen LogP contribution in [0.5, 0.6) is 0 Å². The van der Waals surface area contributed by atoms with Crippen LogP contribution in [0.3, 0.4) is 0 Å². The van der Waals surface area contributed by atoms with E-state index in [1.54, 1.807) is 12.1 Å². The molecule has 1 aromatic heterocycles. The van der Waals surface area contributed by atoms with Crippen LogP contribution in [-0.2, 0) is 6.42 Å². The topological polar surface area (TPSA) is 68.9 Å². The third kappa shape index (κ3) is 2.55. The standard InChI is InChI=1S/C15H13BrN2O2/c16-11-8-13-12(17-15(20)18-13)7-10(11)14(19)6-9-4-2-1-3-5-9/h1-5,7-8,14,19H,6H2,(H2,17,18,20). The number of benzene rings is 2. The first-order valence-electron chi connectivity index (χ1n) is 6.27. The first-order valence-corrected chi connectivity index (χ1v) is 7.06. The van der Waals surface area contributed by atoms with Crippen molar-refractivity contribution in [2.45, 2.75) is 12.5 Å². The summed E-state index contributed by atoms with van der Waals surface area (Å²) in [5.41, 5.74) is 2.99. The van der Waals surface area contributed by atoms with Crippen molar-refractivity contribution in [2.75, 3.05) is 0 Å². The monoisotopic (exact) mass is 332 g/mol. The predicted octanol–water partition coefficient (Wildman–Crippen LogP) is 2.89. The van der Waals surface area contributed by atoms with Gasteiger partial charge >= 0.3 is 5.69 Å². The van der Waals surface area contributed by atoms with Gasteiger partial charge in [0.2, 0.25) is 0 Å². The van der Waals surface area contributed by atoms with Crippen LogP contribution in [0.25, 0.3) is 11.0 Å². The van der Waals surface area contributed by atoms with Gasteiger partial charge in [0.1, 0.15) is 0 Å². The second-order valence-corrected chi connectivity index (χ2v) is 5.56. The zero-order chi connectivity index (χ0) is 14.1. The highest BCUT2D eigenvalue weighted by Crippen LogP contribution is 2.29. The van der Waals surface area contributed by atoms with Gasteiger partial charge < -0.3 is 15.1 Å². The van der Waals surface area contributed by atoms with E-state index in [1.807, 2.05) is 30.3 Å². The summed E-state index contributed by atoms with van der Waals surface area (Å²) in [4.78, 5) is 16.7. The first kappa shape index (κ1) is 13.1. The molecule has 0 spiro atoms. The number of rotatable bonds is 3. The van der Waals surface area contributed by atoms with Gasteiger partial charge in [-0.1, -0.05) is 46.3 Å². The first-order chi connectivity index (χ1) is 9.63. The zero-order valence-corrected chi connectivity index (χ0v) is 12.1. The minimum Gasteiger partial charge on any atom is -0.388 e. The second-order valence-electron chi connectivity index (χ2n) is 4.70. The van der Waals surface area contributed by atoms with Gasteiger partial charge in [-0.15, -0.1) is 0 Å². The van der Waals surface area contributed by atoms with Crippen LogP contribution < -0.4 is 5.69 Å². The van der Waals surface area contributed by atoms with E-state index >= 15 is 0 Å². The van der Waals surface area contributed by atoms with E-state index in [0.717, 1.165) is 21.1 Å². The average molecular weight is 333 g/mol. The van der Waals surface area contributed by atoms with Crippen LogP contribution in [-0.4, -0.2) is 15.1 Å². The molecule has 20 heavy (non-hydrogen) atoms. The van der Waals surface area contributed by atoms with Crippen molar-refractivity contribution in [1.29, 1.82) is 0 Å². The van der Waals surface area contributed by atoms with Crippen molar-refractivity contribution in [3.63, 3.8) is 0 Å². The Morgan fingerprint density at radius 2 is 1.75 bits per heavy atom. The molecule has 0 saturated heterocycles. The third-order valence-electron chi connectivity index (χ3n) is 3.26. The largest absolute Gasteiger partial charge is 0.388 e. The molecular formula is C15H13BrN2O2. The van der Waals surface area contributed by atoms with Crippen LogP contribution in [0.4, 0.5) is 0 Å². The number of aromatic amines is 2. The van der Waals surface area contributed by atoms with Crippen molar-refractivity contribution in [2.24, 2.45) is 0 Å². The molecule has 0 aliphatic carbocycles. The molecule has 0 aliphatic heterocycles. The minimum atomic E-state index is -0.630. The van der Waals surface area contributed by atoms with Gasteiger partial charge in [0.15, 0.2) is 0 Å². The van der Waals surface area contributed by atoms with Crippen LogP contribution >= 0.6 is 15.9 Å². The molecule has 1 heterocycles. The number of aliphatic hydroxyl groups is 1. The van der Waals surface area contributed by atoms with Crippen LogP contribution in [0.1, 0.15) is 17.2 Å². The lowest BCUT2D eigenvalue weighted by atomic mass is 10.0. The molecule has 0 radical (unpaired) electrons. The number of aromatic nitrogens is 2. The Labute approximate surface area is 123 Å². The maximum atomic E-state index is 11.3. The lowest BCUT2D eigenvalue weighted by molar-refractivity contribution is 0.178. The smallest absolute Gasteiger partial charge is 0.323 e. The van der Waals surface area contributed by atoms with Gasteiger partial charge in [0.05, 0.1) is 17.1 Å². The number of hydrogen-bond acceptors (Lipinski definition) is 2. The molecule has 102 valence electrons. The van der Waals surface area contributed by atoms with Gasteiger partial charge in [0.25, 0.3) is 0 Å². The van der Waals surface area contributed by atoms with Gasteiger partial charge in [-0.05, 0) is 23.3 Å². The SMILES string of the molecule is O=c1[nH]c2cc(Br)c(C(O)Cc3ccccc3)cc2[nH]1. The Kier molecular flexibility index (Phi) is 3.46. The van der Waals surface area contributed by atoms with Crippen molar-refractivity contribution >= 4 is 27.0 Å². The Bertz CT molecular complexity index is 792. The predicted molar refractivity (Wildman–Crippen MR) is 81.7 cm³/mol. The van der Waals surface area contributed by atoms with E-state index in [-0.39, 0.29) is 5.69 Å². The fourth-order valence-corrected chi connectivity index (χ4v) is 2.88.